The first kappa shape index (κ1) is 15.4. The molecule has 0 amide bonds. The van der Waals surface area contributed by atoms with Gasteiger partial charge in [-0.1, -0.05) is 36.4 Å². The van der Waals surface area contributed by atoms with Crippen LogP contribution in [0.25, 0.3) is 22.2 Å². The van der Waals surface area contributed by atoms with Crippen molar-refractivity contribution in [3.8, 4) is 11.1 Å². The predicted octanol–water partition coefficient (Wildman–Crippen LogP) is 3.16. The number of fused-ring (bicyclic) bond motifs is 1. The van der Waals surface area contributed by atoms with Gasteiger partial charge in [-0.2, -0.15) is 0 Å². The van der Waals surface area contributed by atoms with Crippen molar-refractivity contribution in [1.29, 1.82) is 0 Å². The van der Waals surface area contributed by atoms with Crippen LogP contribution in [-0.2, 0) is 6.42 Å². The van der Waals surface area contributed by atoms with E-state index in [0.717, 1.165) is 34.1 Å². The van der Waals surface area contributed by atoms with Gasteiger partial charge in [0, 0.05) is 24.0 Å². The summed E-state index contributed by atoms with van der Waals surface area (Å²) < 4.78 is 0. The van der Waals surface area contributed by atoms with Crippen LogP contribution in [0.1, 0.15) is 17.2 Å². The fourth-order valence-electron chi connectivity index (χ4n) is 3.02. The number of benzene rings is 2. The second-order valence-electron chi connectivity index (χ2n) is 6.14. The highest BCUT2D eigenvalue weighted by atomic mass is 16.1. The van der Waals surface area contributed by atoms with Gasteiger partial charge in [0.1, 0.15) is 0 Å². The molecule has 0 aliphatic carbocycles. The SMILES string of the molecule is N[C@H](Cc1ccccc1)c1cncc(-c2ccc3[nH]c(=O)[nH]c3c2)c1. The van der Waals surface area contributed by atoms with Gasteiger partial charge in [-0.15, -0.1) is 0 Å². The van der Waals surface area contributed by atoms with Crippen molar-refractivity contribution >= 4 is 11.0 Å². The highest BCUT2D eigenvalue weighted by molar-refractivity contribution is 5.81. The number of aromatic amines is 2. The Morgan fingerprint density at radius 3 is 2.56 bits per heavy atom. The van der Waals surface area contributed by atoms with E-state index >= 15 is 0 Å². The molecule has 0 saturated carbocycles. The summed E-state index contributed by atoms with van der Waals surface area (Å²) in [6.07, 6.45) is 4.38. The Kier molecular flexibility index (Phi) is 3.91. The Balaban J connectivity index is 1.64. The number of aromatic nitrogens is 3. The Bertz CT molecular complexity index is 1070. The molecule has 0 bridgehead atoms. The lowest BCUT2D eigenvalue weighted by Gasteiger charge is -2.13. The number of nitrogens with two attached hydrogens (primary N) is 1. The standard InChI is InChI=1S/C20H18N4O/c21-17(8-13-4-2-1-3-5-13)16-9-15(11-22-12-16)14-6-7-18-19(10-14)24-20(25)23-18/h1-7,9-12,17H,8,21H2,(H2,23,24,25)/t17-/m1/s1. The zero-order valence-electron chi connectivity index (χ0n) is 13.6. The number of rotatable bonds is 4. The molecule has 0 radical (unpaired) electrons. The summed E-state index contributed by atoms with van der Waals surface area (Å²) in [4.78, 5) is 21.3. The molecule has 0 fully saturated rings. The number of hydrogen-bond donors (Lipinski definition) is 3. The third-order valence-corrected chi connectivity index (χ3v) is 4.34. The van der Waals surface area contributed by atoms with E-state index in [4.69, 9.17) is 5.73 Å². The zero-order chi connectivity index (χ0) is 17.2. The molecule has 0 aliphatic rings. The van der Waals surface area contributed by atoms with Gasteiger partial charge in [-0.05, 0) is 41.3 Å². The van der Waals surface area contributed by atoms with Gasteiger partial charge in [0.2, 0.25) is 0 Å². The number of nitrogens with one attached hydrogen (secondary N) is 2. The topological polar surface area (TPSA) is 87.6 Å². The molecule has 1 atom stereocenters. The maximum absolute atomic E-state index is 11.4. The summed E-state index contributed by atoms with van der Waals surface area (Å²) in [6.45, 7) is 0. The molecule has 25 heavy (non-hydrogen) atoms. The van der Waals surface area contributed by atoms with Gasteiger partial charge in [0.25, 0.3) is 0 Å². The third-order valence-electron chi connectivity index (χ3n) is 4.34. The molecular weight excluding hydrogens is 312 g/mol. The summed E-state index contributed by atoms with van der Waals surface area (Å²) in [5.74, 6) is 0. The average Bonchev–Trinajstić information content (AvgIpc) is 3.02. The lowest BCUT2D eigenvalue weighted by molar-refractivity contribution is 0.718. The van der Waals surface area contributed by atoms with Gasteiger partial charge in [-0.25, -0.2) is 4.79 Å². The molecule has 4 aromatic rings. The van der Waals surface area contributed by atoms with Crippen LogP contribution in [0.3, 0.4) is 0 Å². The van der Waals surface area contributed by atoms with E-state index in [-0.39, 0.29) is 11.7 Å². The molecule has 0 spiro atoms. The Labute approximate surface area is 144 Å². The molecule has 4 rings (SSSR count). The van der Waals surface area contributed by atoms with E-state index in [2.05, 4.69) is 33.2 Å². The number of imidazole rings is 1. The molecule has 2 aromatic heterocycles. The van der Waals surface area contributed by atoms with E-state index in [1.165, 1.54) is 5.56 Å². The molecular formula is C20H18N4O. The number of H-pyrrole nitrogens is 2. The molecule has 4 N–H and O–H groups in total. The van der Waals surface area contributed by atoms with E-state index in [9.17, 15) is 4.79 Å². The van der Waals surface area contributed by atoms with Crippen LogP contribution in [0, 0.1) is 0 Å². The Morgan fingerprint density at radius 1 is 0.920 bits per heavy atom. The Hall–Kier alpha value is -3.18. The maximum atomic E-state index is 11.4. The second kappa shape index (κ2) is 6.37. The van der Waals surface area contributed by atoms with Crippen molar-refractivity contribution < 1.29 is 0 Å². The molecule has 0 saturated heterocycles. The van der Waals surface area contributed by atoms with Crippen LogP contribution in [-0.4, -0.2) is 15.0 Å². The van der Waals surface area contributed by atoms with E-state index in [1.807, 2.05) is 48.8 Å². The van der Waals surface area contributed by atoms with Crippen LogP contribution < -0.4 is 11.4 Å². The molecule has 5 nitrogen and oxygen atoms in total. The van der Waals surface area contributed by atoms with Crippen molar-refractivity contribution in [3.63, 3.8) is 0 Å². The highest BCUT2D eigenvalue weighted by Gasteiger charge is 2.10. The molecule has 2 heterocycles. The van der Waals surface area contributed by atoms with Crippen molar-refractivity contribution in [1.82, 2.24) is 15.0 Å². The van der Waals surface area contributed by atoms with Crippen molar-refractivity contribution in [2.75, 3.05) is 0 Å². The number of nitrogens with zero attached hydrogens (tertiary/aromatic N) is 1. The van der Waals surface area contributed by atoms with Crippen molar-refractivity contribution in [2.24, 2.45) is 5.73 Å². The lowest BCUT2D eigenvalue weighted by atomic mass is 9.98. The summed E-state index contributed by atoms with van der Waals surface area (Å²) >= 11 is 0. The molecule has 124 valence electrons. The normalized spacial score (nSPS) is 12.4. The van der Waals surface area contributed by atoms with Gasteiger partial charge in [0.15, 0.2) is 0 Å². The average molecular weight is 330 g/mol. The van der Waals surface area contributed by atoms with Crippen LogP contribution in [0.5, 0.6) is 0 Å². The Morgan fingerprint density at radius 2 is 1.72 bits per heavy atom. The fourth-order valence-corrected chi connectivity index (χ4v) is 3.02. The number of pyridine rings is 1. The quantitative estimate of drug-likeness (QED) is 0.537. The molecule has 5 heteroatoms. The largest absolute Gasteiger partial charge is 0.324 e. The minimum absolute atomic E-state index is 0.120. The van der Waals surface area contributed by atoms with E-state index in [0.29, 0.717) is 0 Å². The van der Waals surface area contributed by atoms with Crippen LogP contribution in [0.2, 0.25) is 0 Å². The number of hydrogen-bond acceptors (Lipinski definition) is 3. The first-order chi connectivity index (χ1) is 12.2. The monoisotopic (exact) mass is 330 g/mol. The molecule has 2 aromatic carbocycles. The summed E-state index contributed by atoms with van der Waals surface area (Å²) in [5, 5.41) is 0. The van der Waals surface area contributed by atoms with E-state index in [1.54, 1.807) is 0 Å². The van der Waals surface area contributed by atoms with Gasteiger partial charge < -0.3 is 15.7 Å². The first-order valence-electron chi connectivity index (χ1n) is 8.16. The maximum Gasteiger partial charge on any atom is 0.323 e. The molecule has 0 aliphatic heterocycles. The highest BCUT2D eigenvalue weighted by Crippen LogP contribution is 2.25. The van der Waals surface area contributed by atoms with E-state index < -0.39 is 0 Å². The minimum Gasteiger partial charge on any atom is -0.324 e. The van der Waals surface area contributed by atoms with Gasteiger partial charge in [-0.3, -0.25) is 4.98 Å². The first-order valence-corrected chi connectivity index (χ1v) is 8.16. The lowest BCUT2D eigenvalue weighted by Crippen LogP contribution is -2.13. The van der Waals surface area contributed by atoms with Crippen molar-refractivity contribution in [2.45, 2.75) is 12.5 Å². The third kappa shape index (κ3) is 3.22. The van der Waals surface area contributed by atoms with Crippen molar-refractivity contribution in [3.05, 3.63) is 88.6 Å². The second-order valence-corrected chi connectivity index (χ2v) is 6.14. The summed E-state index contributed by atoms with van der Waals surface area (Å²) in [7, 11) is 0. The van der Waals surface area contributed by atoms with Gasteiger partial charge >= 0.3 is 5.69 Å². The van der Waals surface area contributed by atoms with Crippen LogP contribution in [0.15, 0.2) is 71.8 Å². The minimum atomic E-state index is -0.205. The summed E-state index contributed by atoms with van der Waals surface area (Å²) in [5.41, 5.74) is 11.9. The van der Waals surface area contributed by atoms with Crippen LogP contribution in [0.4, 0.5) is 0 Å². The predicted molar refractivity (Wildman–Crippen MR) is 99.2 cm³/mol. The zero-order valence-corrected chi connectivity index (χ0v) is 13.6. The fraction of sp³-hybridized carbons (Fsp3) is 0.100. The summed E-state index contributed by atoms with van der Waals surface area (Å²) in [6, 6.07) is 17.9. The van der Waals surface area contributed by atoms with Gasteiger partial charge in [0.05, 0.1) is 11.0 Å². The molecule has 0 unspecified atom stereocenters. The van der Waals surface area contributed by atoms with Crippen LogP contribution >= 0.6 is 0 Å². The smallest absolute Gasteiger partial charge is 0.323 e.